The second-order valence-electron chi connectivity index (χ2n) is 4.21. The van der Waals surface area contributed by atoms with Crippen molar-refractivity contribution in [3.05, 3.63) is 51.8 Å². The van der Waals surface area contributed by atoms with Crippen molar-refractivity contribution in [2.24, 2.45) is 5.10 Å². The molecular weight excluding hydrogens is 320 g/mol. The van der Waals surface area contributed by atoms with Gasteiger partial charge in [-0.15, -0.1) is 0 Å². The predicted octanol–water partition coefficient (Wildman–Crippen LogP) is 2.74. The van der Waals surface area contributed by atoms with Crippen LogP contribution in [0.4, 0.5) is 0 Å². The molecule has 5 nitrogen and oxygen atoms in total. The summed E-state index contributed by atoms with van der Waals surface area (Å²) in [6.45, 7) is 4.80. The lowest BCUT2D eigenvalue weighted by Crippen LogP contribution is -2.17. The number of hydrogen-bond donors (Lipinski definition) is 1. The average molecular weight is 335 g/mol. The summed E-state index contributed by atoms with van der Waals surface area (Å²) in [7, 11) is 0. The summed E-state index contributed by atoms with van der Waals surface area (Å²) in [5.74, 6) is -0.247. The summed E-state index contributed by atoms with van der Waals surface area (Å²) in [6, 6.07) is 7.14. The van der Waals surface area contributed by atoms with Crippen LogP contribution in [-0.2, 0) is 6.54 Å². The van der Waals surface area contributed by atoms with Gasteiger partial charge in [0.2, 0.25) is 0 Å². The lowest BCUT2D eigenvalue weighted by molar-refractivity contribution is 0.0955. The normalized spacial score (nSPS) is 10.9. The fourth-order valence-electron chi connectivity index (χ4n) is 1.76. The van der Waals surface area contributed by atoms with Gasteiger partial charge in [-0.1, -0.05) is 22.0 Å². The molecule has 0 aliphatic carbocycles. The monoisotopic (exact) mass is 334 g/mol. The molecule has 0 atom stereocenters. The van der Waals surface area contributed by atoms with Crippen LogP contribution in [0, 0.1) is 6.92 Å². The van der Waals surface area contributed by atoms with E-state index in [0.29, 0.717) is 5.56 Å². The highest BCUT2D eigenvalue weighted by atomic mass is 79.9. The quantitative estimate of drug-likeness (QED) is 0.690. The van der Waals surface area contributed by atoms with Crippen LogP contribution in [0.15, 0.2) is 40.0 Å². The molecule has 6 heteroatoms. The standard InChI is InChI=1S/C14H15BrN4O/c1-3-19-10(2)12(9-17-19)8-16-18-14(20)11-5-4-6-13(15)7-11/h4-9H,3H2,1-2H3,(H,18,20). The Bertz CT molecular complexity index is 648. The lowest BCUT2D eigenvalue weighted by atomic mass is 10.2. The highest BCUT2D eigenvalue weighted by Crippen LogP contribution is 2.11. The number of nitrogens with zero attached hydrogens (tertiary/aromatic N) is 3. The topological polar surface area (TPSA) is 59.3 Å². The Balaban J connectivity index is 2.02. The third-order valence-electron chi connectivity index (χ3n) is 2.90. The molecule has 104 valence electrons. The van der Waals surface area contributed by atoms with E-state index in [-0.39, 0.29) is 5.91 Å². The number of hydrazone groups is 1. The van der Waals surface area contributed by atoms with Crippen LogP contribution in [-0.4, -0.2) is 21.9 Å². The van der Waals surface area contributed by atoms with Gasteiger partial charge in [0.1, 0.15) is 0 Å². The molecule has 0 bridgehead atoms. The largest absolute Gasteiger partial charge is 0.271 e. The molecule has 0 aliphatic heterocycles. The SMILES string of the molecule is CCn1ncc(C=NNC(=O)c2cccc(Br)c2)c1C. The number of amides is 1. The van der Waals surface area contributed by atoms with Crippen LogP contribution in [0.25, 0.3) is 0 Å². The van der Waals surface area contributed by atoms with E-state index < -0.39 is 0 Å². The van der Waals surface area contributed by atoms with Crippen molar-refractivity contribution in [2.45, 2.75) is 20.4 Å². The smallest absolute Gasteiger partial charge is 0.269 e. The van der Waals surface area contributed by atoms with E-state index in [1.165, 1.54) is 0 Å². The number of aromatic nitrogens is 2. The fourth-order valence-corrected chi connectivity index (χ4v) is 2.16. The molecule has 0 saturated heterocycles. The van der Waals surface area contributed by atoms with Crippen LogP contribution in [0.2, 0.25) is 0 Å². The van der Waals surface area contributed by atoms with E-state index >= 15 is 0 Å². The summed E-state index contributed by atoms with van der Waals surface area (Å²) >= 11 is 3.33. The Morgan fingerprint density at radius 3 is 3.00 bits per heavy atom. The molecule has 1 heterocycles. The van der Waals surface area contributed by atoms with Crippen molar-refractivity contribution >= 4 is 28.1 Å². The first-order valence-corrected chi connectivity index (χ1v) is 7.02. The van der Waals surface area contributed by atoms with Crippen LogP contribution < -0.4 is 5.43 Å². The molecule has 0 fully saturated rings. The second-order valence-corrected chi connectivity index (χ2v) is 5.13. The van der Waals surface area contributed by atoms with Gasteiger partial charge in [0.15, 0.2) is 0 Å². The number of halogens is 1. The molecule has 1 aromatic carbocycles. The Morgan fingerprint density at radius 2 is 2.35 bits per heavy atom. The van der Waals surface area contributed by atoms with E-state index in [0.717, 1.165) is 22.3 Å². The zero-order valence-corrected chi connectivity index (χ0v) is 12.9. The van der Waals surface area contributed by atoms with Gasteiger partial charge in [0.25, 0.3) is 5.91 Å². The molecule has 0 radical (unpaired) electrons. The molecule has 1 aromatic heterocycles. The highest BCUT2D eigenvalue weighted by Gasteiger charge is 2.05. The number of carbonyl (C=O) groups is 1. The maximum absolute atomic E-state index is 11.9. The highest BCUT2D eigenvalue weighted by molar-refractivity contribution is 9.10. The molecular formula is C14H15BrN4O. The van der Waals surface area contributed by atoms with Crippen molar-refractivity contribution in [1.29, 1.82) is 0 Å². The van der Waals surface area contributed by atoms with Gasteiger partial charge in [-0.05, 0) is 32.0 Å². The van der Waals surface area contributed by atoms with E-state index in [2.05, 4.69) is 31.6 Å². The van der Waals surface area contributed by atoms with Crippen molar-refractivity contribution in [3.63, 3.8) is 0 Å². The zero-order valence-electron chi connectivity index (χ0n) is 11.3. The maximum Gasteiger partial charge on any atom is 0.271 e. The number of carbonyl (C=O) groups excluding carboxylic acids is 1. The van der Waals surface area contributed by atoms with Gasteiger partial charge in [-0.25, -0.2) is 5.43 Å². The van der Waals surface area contributed by atoms with E-state index in [9.17, 15) is 4.79 Å². The number of aryl methyl sites for hydroxylation is 1. The third-order valence-corrected chi connectivity index (χ3v) is 3.39. The first kappa shape index (κ1) is 14.5. The Morgan fingerprint density at radius 1 is 1.55 bits per heavy atom. The summed E-state index contributed by atoms with van der Waals surface area (Å²) < 4.78 is 2.73. The van der Waals surface area contributed by atoms with Gasteiger partial charge in [-0.2, -0.15) is 10.2 Å². The average Bonchev–Trinajstić information content (AvgIpc) is 2.79. The second kappa shape index (κ2) is 6.47. The van der Waals surface area contributed by atoms with Crippen LogP contribution >= 0.6 is 15.9 Å². The Labute approximate surface area is 125 Å². The van der Waals surface area contributed by atoms with Gasteiger partial charge in [-0.3, -0.25) is 9.48 Å². The molecule has 20 heavy (non-hydrogen) atoms. The minimum Gasteiger partial charge on any atom is -0.269 e. The molecule has 0 unspecified atom stereocenters. The van der Waals surface area contributed by atoms with Gasteiger partial charge in [0.05, 0.1) is 12.4 Å². The Hall–Kier alpha value is -1.95. The molecule has 1 N–H and O–H groups in total. The summed E-state index contributed by atoms with van der Waals surface area (Å²) in [5, 5.41) is 8.17. The van der Waals surface area contributed by atoms with Gasteiger partial charge in [0, 0.05) is 27.8 Å². The minimum atomic E-state index is -0.247. The van der Waals surface area contributed by atoms with Crippen molar-refractivity contribution in [1.82, 2.24) is 15.2 Å². The molecule has 0 aliphatic rings. The first-order valence-electron chi connectivity index (χ1n) is 6.23. The van der Waals surface area contributed by atoms with Crippen molar-refractivity contribution in [2.75, 3.05) is 0 Å². The molecule has 1 amide bonds. The van der Waals surface area contributed by atoms with Crippen molar-refractivity contribution < 1.29 is 4.79 Å². The molecule has 0 saturated carbocycles. The molecule has 0 spiro atoms. The van der Waals surface area contributed by atoms with Crippen LogP contribution in [0.3, 0.4) is 0 Å². The number of nitrogens with one attached hydrogen (secondary N) is 1. The zero-order chi connectivity index (χ0) is 14.5. The van der Waals surface area contributed by atoms with E-state index in [1.54, 1.807) is 30.6 Å². The maximum atomic E-state index is 11.9. The van der Waals surface area contributed by atoms with Crippen molar-refractivity contribution in [3.8, 4) is 0 Å². The van der Waals surface area contributed by atoms with Gasteiger partial charge < -0.3 is 0 Å². The van der Waals surface area contributed by atoms with E-state index in [1.807, 2.05) is 24.6 Å². The molecule has 2 rings (SSSR count). The summed E-state index contributed by atoms with van der Waals surface area (Å²) in [5.41, 5.74) is 4.97. The predicted molar refractivity (Wildman–Crippen MR) is 81.8 cm³/mol. The summed E-state index contributed by atoms with van der Waals surface area (Å²) in [4.78, 5) is 11.9. The number of benzene rings is 1. The third kappa shape index (κ3) is 3.33. The number of rotatable bonds is 4. The van der Waals surface area contributed by atoms with Crippen LogP contribution in [0.1, 0.15) is 28.5 Å². The fraction of sp³-hybridized carbons (Fsp3) is 0.214. The Kier molecular flexibility index (Phi) is 4.68. The first-order chi connectivity index (χ1) is 9.61. The van der Waals surface area contributed by atoms with E-state index in [4.69, 9.17) is 0 Å². The summed E-state index contributed by atoms with van der Waals surface area (Å²) in [6.07, 6.45) is 3.33. The van der Waals surface area contributed by atoms with Gasteiger partial charge >= 0.3 is 0 Å². The van der Waals surface area contributed by atoms with Crippen LogP contribution in [0.5, 0.6) is 0 Å². The lowest BCUT2D eigenvalue weighted by Gasteiger charge is -2.00. The minimum absolute atomic E-state index is 0.247. The molecule has 2 aromatic rings. The number of hydrogen-bond acceptors (Lipinski definition) is 3.